The molecule has 3 aromatic rings. The van der Waals surface area contributed by atoms with Crippen LogP contribution >= 0.6 is 15.9 Å². The Labute approximate surface area is 130 Å². The Morgan fingerprint density at radius 2 is 2.00 bits per heavy atom. The van der Waals surface area contributed by atoms with Gasteiger partial charge in [-0.1, -0.05) is 22.0 Å². The van der Waals surface area contributed by atoms with E-state index in [0.29, 0.717) is 17.0 Å². The molecule has 0 atom stereocenters. The molecule has 0 fully saturated rings. The summed E-state index contributed by atoms with van der Waals surface area (Å²) >= 11 is 3.52. The monoisotopic (exact) mass is 347 g/mol. The zero-order valence-electron chi connectivity index (χ0n) is 11.8. The Kier molecular flexibility index (Phi) is 3.45. The molecular weight excluding hydrogens is 333 g/mol. The number of fused-ring (bicyclic) bond motifs is 1. The van der Waals surface area contributed by atoms with E-state index >= 15 is 0 Å². The number of hydrogen-bond acceptors (Lipinski definition) is 2. The van der Waals surface area contributed by atoms with Gasteiger partial charge in [-0.05, 0) is 44.2 Å². The minimum atomic E-state index is -0.312. The largest absolute Gasteiger partial charge is 0.399 e. The van der Waals surface area contributed by atoms with Crippen molar-refractivity contribution in [3.8, 4) is 11.4 Å². The molecule has 3 rings (SSSR count). The predicted octanol–water partition coefficient (Wildman–Crippen LogP) is 4.77. The lowest BCUT2D eigenvalue weighted by Gasteiger charge is -2.14. The summed E-state index contributed by atoms with van der Waals surface area (Å²) in [6, 6.07) is 10.7. The van der Waals surface area contributed by atoms with Crippen molar-refractivity contribution in [1.82, 2.24) is 9.55 Å². The van der Waals surface area contributed by atoms with E-state index in [9.17, 15) is 4.39 Å². The Bertz CT molecular complexity index is 824. The van der Waals surface area contributed by atoms with E-state index in [4.69, 9.17) is 5.73 Å². The number of aromatic nitrogens is 2. The Balaban J connectivity index is 2.39. The summed E-state index contributed by atoms with van der Waals surface area (Å²) in [6.45, 7) is 4.10. The van der Waals surface area contributed by atoms with Crippen LogP contribution in [0, 0.1) is 5.82 Å². The van der Waals surface area contributed by atoms with Gasteiger partial charge in [0.1, 0.15) is 11.3 Å². The Morgan fingerprint density at radius 3 is 2.71 bits per heavy atom. The fourth-order valence-corrected chi connectivity index (χ4v) is 2.93. The van der Waals surface area contributed by atoms with E-state index in [0.717, 1.165) is 15.6 Å². The standard InChI is InChI=1S/C16H15BrFN3/c1-9(2)21-14-5-3-4-13(18)15(14)20-16(21)11-8-10(19)6-7-12(11)17/h3-9H,19H2,1-2H3. The highest BCUT2D eigenvalue weighted by molar-refractivity contribution is 9.10. The summed E-state index contributed by atoms with van der Waals surface area (Å²) in [4.78, 5) is 4.51. The SMILES string of the molecule is CC(C)n1c(-c2cc(N)ccc2Br)nc2c(F)cccc21. The van der Waals surface area contributed by atoms with Crippen LogP contribution in [0.4, 0.5) is 10.1 Å². The van der Waals surface area contributed by atoms with Crippen LogP contribution in [0.3, 0.4) is 0 Å². The summed E-state index contributed by atoms with van der Waals surface area (Å²) < 4.78 is 16.9. The van der Waals surface area contributed by atoms with Crippen LogP contribution in [-0.2, 0) is 0 Å². The number of nitrogens with two attached hydrogens (primary N) is 1. The summed E-state index contributed by atoms with van der Waals surface area (Å²) in [5, 5.41) is 0. The third-order valence-corrected chi connectivity index (χ3v) is 4.11. The van der Waals surface area contributed by atoms with Gasteiger partial charge in [-0.3, -0.25) is 0 Å². The number of benzene rings is 2. The molecule has 0 saturated carbocycles. The van der Waals surface area contributed by atoms with Gasteiger partial charge in [-0.25, -0.2) is 9.37 Å². The third kappa shape index (κ3) is 2.31. The fraction of sp³-hybridized carbons (Fsp3) is 0.188. The number of rotatable bonds is 2. The molecule has 0 saturated heterocycles. The lowest BCUT2D eigenvalue weighted by molar-refractivity contribution is 0.623. The third-order valence-electron chi connectivity index (χ3n) is 3.42. The highest BCUT2D eigenvalue weighted by atomic mass is 79.9. The molecule has 3 nitrogen and oxygen atoms in total. The maximum atomic E-state index is 14.0. The molecule has 0 bridgehead atoms. The summed E-state index contributed by atoms with van der Waals surface area (Å²) in [5.74, 6) is 0.400. The number of nitrogen functional groups attached to an aromatic ring is 1. The zero-order valence-corrected chi connectivity index (χ0v) is 13.4. The van der Waals surface area contributed by atoms with E-state index in [-0.39, 0.29) is 11.9 Å². The molecule has 0 spiro atoms. The molecule has 1 heterocycles. The van der Waals surface area contributed by atoms with E-state index in [1.165, 1.54) is 6.07 Å². The maximum Gasteiger partial charge on any atom is 0.151 e. The van der Waals surface area contributed by atoms with Crippen molar-refractivity contribution in [3.63, 3.8) is 0 Å². The molecule has 0 radical (unpaired) electrons. The van der Waals surface area contributed by atoms with Crippen LogP contribution in [0.1, 0.15) is 19.9 Å². The second-order valence-corrected chi connectivity index (χ2v) is 6.10. The minimum Gasteiger partial charge on any atom is -0.399 e. The lowest BCUT2D eigenvalue weighted by Crippen LogP contribution is -2.03. The molecular formula is C16H15BrFN3. The number of para-hydroxylation sites is 1. The zero-order chi connectivity index (χ0) is 15.1. The van der Waals surface area contributed by atoms with Gasteiger partial charge in [0, 0.05) is 21.8 Å². The van der Waals surface area contributed by atoms with Crippen LogP contribution in [0.15, 0.2) is 40.9 Å². The van der Waals surface area contributed by atoms with Crippen molar-refractivity contribution in [1.29, 1.82) is 0 Å². The average molecular weight is 348 g/mol. The number of imidazole rings is 1. The number of hydrogen-bond donors (Lipinski definition) is 1. The molecule has 0 unspecified atom stereocenters. The van der Waals surface area contributed by atoms with Crippen LogP contribution < -0.4 is 5.73 Å². The van der Waals surface area contributed by atoms with Crippen LogP contribution in [-0.4, -0.2) is 9.55 Å². The topological polar surface area (TPSA) is 43.8 Å². The first-order valence-corrected chi connectivity index (χ1v) is 7.50. The van der Waals surface area contributed by atoms with Crippen molar-refractivity contribution in [2.24, 2.45) is 0 Å². The molecule has 2 aromatic carbocycles. The number of nitrogens with zero attached hydrogens (tertiary/aromatic N) is 2. The molecule has 5 heteroatoms. The van der Waals surface area contributed by atoms with Crippen molar-refractivity contribution in [2.75, 3.05) is 5.73 Å². The first-order chi connectivity index (χ1) is 9.99. The second kappa shape index (κ2) is 5.15. The van der Waals surface area contributed by atoms with Gasteiger partial charge < -0.3 is 10.3 Å². The molecule has 0 aliphatic heterocycles. The molecule has 1 aromatic heterocycles. The maximum absolute atomic E-state index is 14.0. The fourth-order valence-electron chi connectivity index (χ4n) is 2.51. The minimum absolute atomic E-state index is 0.153. The molecule has 2 N–H and O–H groups in total. The molecule has 0 amide bonds. The van der Waals surface area contributed by atoms with Gasteiger partial charge in [0.05, 0.1) is 5.52 Å². The Hall–Kier alpha value is -1.88. The first kappa shape index (κ1) is 14.1. The van der Waals surface area contributed by atoms with Crippen LogP contribution in [0.2, 0.25) is 0 Å². The lowest BCUT2D eigenvalue weighted by atomic mass is 10.2. The van der Waals surface area contributed by atoms with Crippen molar-refractivity contribution in [3.05, 3.63) is 46.7 Å². The molecule has 108 valence electrons. The van der Waals surface area contributed by atoms with E-state index in [1.807, 2.05) is 28.8 Å². The average Bonchev–Trinajstić information content (AvgIpc) is 2.82. The van der Waals surface area contributed by atoms with Gasteiger partial charge >= 0.3 is 0 Å². The summed E-state index contributed by atoms with van der Waals surface area (Å²) in [7, 11) is 0. The highest BCUT2D eigenvalue weighted by Crippen LogP contribution is 2.34. The van der Waals surface area contributed by atoms with Crippen LogP contribution in [0.5, 0.6) is 0 Å². The predicted molar refractivity (Wildman–Crippen MR) is 87.6 cm³/mol. The molecule has 21 heavy (non-hydrogen) atoms. The summed E-state index contributed by atoms with van der Waals surface area (Å²) in [5.41, 5.74) is 8.56. The van der Waals surface area contributed by atoms with Crippen molar-refractivity contribution in [2.45, 2.75) is 19.9 Å². The number of anilines is 1. The highest BCUT2D eigenvalue weighted by Gasteiger charge is 2.18. The van der Waals surface area contributed by atoms with E-state index in [1.54, 1.807) is 6.07 Å². The number of halogens is 2. The second-order valence-electron chi connectivity index (χ2n) is 5.25. The van der Waals surface area contributed by atoms with Crippen molar-refractivity contribution >= 4 is 32.7 Å². The van der Waals surface area contributed by atoms with E-state index in [2.05, 4.69) is 34.8 Å². The molecule has 0 aliphatic rings. The smallest absolute Gasteiger partial charge is 0.151 e. The van der Waals surface area contributed by atoms with Gasteiger partial charge in [-0.15, -0.1) is 0 Å². The normalized spacial score (nSPS) is 11.5. The molecule has 0 aliphatic carbocycles. The quantitative estimate of drug-likeness (QED) is 0.678. The van der Waals surface area contributed by atoms with Gasteiger partial charge in [-0.2, -0.15) is 0 Å². The van der Waals surface area contributed by atoms with Gasteiger partial charge in [0.25, 0.3) is 0 Å². The summed E-state index contributed by atoms with van der Waals surface area (Å²) in [6.07, 6.45) is 0. The van der Waals surface area contributed by atoms with Crippen LogP contribution in [0.25, 0.3) is 22.4 Å². The van der Waals surface area contributed by atoms with Crippen molar-refractivity contribution < 1.29 is 4.39 Å². The Morgan fingerprint density at radius 1 is 1.24 bits per heavy atom. The van der Waals surface area contributed by atoms with Gasteiger partial charge in [0.15, 0.2) is 5.82 Å². The van der Waals surface area contributed by atoms with E-state index < -0.39 is 0 Å². The van der Waals surface area contributed by atoms with Gasteiger partial charge in [0.2, 0.25) is 0 Å². The first-order valence-electron chi connectivity index (χ1n) is 6.71.